The molecule has 0 aliphatic heterocycles. The highest BCUT2D eigenvalue weighted by atomic mass is 32.2. The van der Waals surface area contributed by atoms with E-state index in [1.807, 2.05) is 27.7 Å². The SMILES string of the molecule is C=CCNC(=O)[C@H](C)Sc1nc(C)c(C)c(C)n1. The largest absolute Gasteiger partial charge is 0.352 e. The van der Waals surface area contributed by atoms with Gasteiger partial charge in [0, 0.05) is 17.9 Å². The molecule has 0 saturated heterocycles. The van der Waals surface area contributed by atoms with Gasteiger partial charge < -0.3 is 5.32 Å². The Hall–Kier alpha value is -1.36. The first kappa shape index (κ1) is 14.7. The number of nitrogens with one attached hydrogen (secondary N) is 1. The third kappa shape index (κ3) is 3.84. The molecule has 0 fully saturated rings. The van der Waals surface area contributed by atoms with Gasteiger partial charge in [0.25, 0.3) is 0 Å². The van der Waals surface area contributed by atoms with Crippen LogP contribution in [0.5, 0.6) is 0 Å². The number of carbonyl (C=O) groups excluding carboxylic acids is 1. The lowest BCUT2D eigenvalue weighted by Gasteiger charge is -2.11. The summed E-state index contributed by atoms with van der Waals surface area (Å²) < 4.78 is 0. The molecular weight excluding hydrogens is 246 g/mol. The molecule has 0 unspecified atom stereocenters. The van der Waals surface area contributed by atoms with Crippen molar-refractivity contribution in [1.29, 1.82) is 0 Å². The molecule has 0 aromatic carbocycles. The first-order valence-corrected chi connectivity index (χ1v) is 6.70. The van der Waals surface area contributed by atoms with Crippen molar-refractivity contribution in [2.45, 2.75) is 38.1 Å². The highest BCUT2D eigenvalue weighted by Gasteiger charge is 2.16. The van der Waals surface area contributed by atoms with E-state index in [9.17, 15) is 4.79 Å². The third-order valence-electron chi connectivity index (χ3n) is 2.68. The van der Waals surface area contributed by atoms with E-state index in [-0.39, 0.29) is 11.2 Å². The molecule has 0 bridgehead atoms. The van der Waals surface area contributed by atoms with Gasteiger partial charge in [0.2, 0.25) is 5.91 Å². The summed E-state index contributed by atoms with van der Waals surface area (Å²) in [6, 6.07) is 0. The molecule has 1 rings (SSSR count). The van der Waals surface area contributed by atoms with Crippen LogP contribution in [-0.4, -0.2) is 27.7 Å². The maximum atomic E-state index is 11.7. The molecule has 1 aromatic rings. The molecule has 0 spiro atoms. The van der Waals surface area contributed by atoms with Crippen LogP contribution in [0.4, 0.5) is 0 Å². The van der Waals surface area contributed by atoms with Crippen LogP contribution in [0.25, 0.3) is 0 Å². The summed E-state index contributed by atoms with van der Waals surface area (Å²) >= 11 is 1.37. The number of amides is 1. The standard InChI is InChI=1S/C13H19N3OS/c1-6-7-14-12(17)11(5)18-13-15-9(3)8(2)10(4)16-13/h6,11H,1,7H2,2-5H3,(H,14,17)/t11-/m0/s1. The predicted octanol–water partition coefficient (Wildman–Crippen LogP) is 2.18. The van der Waals surface area contributed by atoms with E-state index >= 15 is 0 Å². The van der Waals surface area contributed by atoms with Gasteiger partial charge in [0.1, 0.15) is 0 Å². The van der Waals surface area contributed by atoms with Crippen molar-refractivity contribution >= 4 is 17.7 Å². The highest BCUT2D eigenvalue weighted by molar-refractivity contribution is 8.00. The van der Waals surface area contributed by atoms with E-state index in [0.29, 0.717) is 11.7 Å². The molecule has 98 valence electrons. The quantitative estimate of drug-likeness (QED) is 0.504. The summed E-state index contributed by atoms with van der Waals surface area (Å²) in [4.78, 5) is 20.5. The molecule has 1 amide bonds. The lowest BCUT2D eigenvalue weighted by molar-refractivity contribution is -0.120. The third-order valence-corrected chi connectivity index (χ3v) is 3.65. The summed E-state index contributed by atoms with van der Waals surface area (Å²) in [5.74, 6) is -0.0284. The van der Waals surface area contributed by atoms with E-state index in [4.69, 9.17) is 0 Å². The van der Waals surface area contributed by atoms with Crippen LogP contribution >= 0.6 is 11.8 Å². The predicted molar refractivity (Wildman–Crippen MR) is 74.8 cm³/mol. The van der Waals surface area contributed by atoms with Crippen LogP contribution in [0.1, 0.15) is 23.9 Å². The van der Waals surface area contributed by atoms with Gasteiger partial charge in [-0.3, -0.25) is 4.79 Å². The van der Waals surface area contributed by atoms with Crippen molar-refractivity contribution in [3.8, 4) is 0 Å². The average Bonchev–Trinajstić information content (AvgIpc) is 2.32. The topological polar surface area (TPSA) is 54.9 Å². The molecule has 0 aliphatic carbocycles. The fourth-order valence-electron chi connectivity index (χ4n) is 1.32. The summed E-state index contributed by atoms with van der Waals surface area (Å²) in [6.07, 6.45) is 1.66. The number of carbonyl (C=O) groups is 1. The van der Waals surface area contributed by atoms with Crippen molar-refractivity contribution < 1.29 is 4.79 Å². The normalized spacial score (nSPS) is 12.0. The monoisotopic (exact) mass is 265 g/mol. The van der Waals surface area contributed by atoms with Crippen LogP contribution in [0.15, 0.2) is 17.8 Å². The zero-order valence-corrected chi connectivity index (χ0v) is 12.1. The first-order valence-electron chi connectivity index (χ1n) is 5.82. The Bertz CT molecular complexity index is 437. The number of rotatable bonds is 5. The van der Waals surface area contributed by atoms with Gasteiger partial charge in [0.15, 0.2) is 5.16 Å². The molecule has 0 saturated carbocycles. The Labute approximate surface area is 112 Å². The maximum absolute atomic E-state index is 11.7. The molecule has 5 heteroatoms. The number of hydrogen-bond donors (Lipinski definition) is 1. The fourth-order valence-corrected chi connectivity index (χ4v) is 2.21. The minimum absolute atomic E-state index is 0.0284. The second kappa shape index (κ2) is 6.54. The Morgan fingerprint density at radius 3 is 2.44 bits per heavy atom. The number of aryl methyl sites for hydroxylation is 2. The summed E-state index contributed by atoms with van der Waals surface area (Å²) in [5, 5.41) is 3.19. The van der Waals surface area contributed by atoms with E-state index in [1.54, 1.807) is 6.08 Å². The number of hydrogen-bond acceptors (Lipinski definition) is 4. The molecule has 1 heterocycles. The second-order valence-corrected chi connectivity index (χ2v) is 5.40. The Balaban J connectivity index is 2.72. The Morgan fingerprint density at radius 2 is 1.94 bits per heavy atom. The first-order chi connectivity index (χ1) is 8.45. The number of thioether (sulfide) groups is 1. The van der Waals surface area contributed by atoms with Crippen LogP contribution in [0.2, 0.25) is 0 Å². The van der Waals surface area contributed by atoms with Crippen molar-refractivity contribution in [3.63, 3.8) is 0 Å². The van der Waals surface area contributed by atoms with Gasteiger partial charge in [-0.05, 0) is 33.3 Å². The van der Waals surface area contributed by atoms with Gasteiger partial charge in [-0.15, -0.1) is 6.58 Å². The van der Waals surface area contributed by atoms with Crippen molar-refractivity contribution in [2.24, 2.45) is 0 Å². The molecular formula is C13H19N3OS. The minimum atomic E-state index is -0.216. The molecule has 0 radical (unpaired) electrons. The molecule has 18 heavy (non-hydrogen) atoms. The number of aromatic nitrogens is 2. The smallest absolute Gasteiger partial charge is 0.233 e. The lowest BCUT2D eigenvalue weighted by Crippen LogP contribution is -2.31. The zero-order valence-electron chi connectivity index (χ0n) is 11.3. The lowest BCUT2D eigenvalue weighted by atomic mass is 10.2. The summed E-state index contributed by atoms with van der Waals surface area (Å²) in [6.45, 7) is 11.8. The van der Waals surface area contributed by atoms with E-state index in [1.165, 1.54) is 11.8 Å². The van der Waals surface area contributed by atoms with Crippen molar-refractivity contribution in [2.75, 3.05) is 6.54 Å². The molecule has 1 atom stereocenters. The van der Waals surface area contributed by atoms with Gasteiger partial charge in [-0.1, -0.05) is 17.8 Å². The molecule has 0 aliphatic rings. The van der Waals surface area contributed by atoms with Gasteiger partial charge in [-0.25, -0.2) is 9.97 Å². The van der Waals surface area contributed by atoms with Gasteiger partial charge in [-0.2, -0.15) is 0 Å². The average molecular weight is 265 g/mol. The van der Waals surface area contributed by atoms with Crippen LogP contribution in [0.3, 0.4) is 0 Å². The van der Waals surface area contributed by atoms with Gasteiger partial charge in [0.05, 0.1) is 5.25 Å². The summed E-state index contributed by atoms with van der Waals surface area (Å²) in [5.41, 5.74) is 3.02. The Kier molecular flexibility index (Phi) is 5.34. The number of nitrogens with zero attached hydrogens (tertiary/aromatic N) is 2. The maximum Gasteiger partial charge on any atom is 0.233 e. The second-order valence-electron chi connectivity index (χ2n) is 4.10. The molecule has 4 nitrogen and oxygen atoms in total. The zero-order chi connectivity index (χ0) is 13.7. The van der Waals surface area contributed by atoms with Gasteiger partial charge >= 0.3 is 0 Å². The fraction of sp³-hybridized carbons (Fsp3) is 0.462. The van der Waals surface area contributed by atoms with Crippen molar-refractivity contribution in [3.05, 3.63) is 29.6 Å². The molecule has 1 N–H and O–H groups in total. The van der Waals surface area contributed by atoms with Crippen LogP contribution in [-0.2, 0) is 4.79 Å². The van der Waals surface area contributed by atoms with Crippen LogP contribution in [0, 0.1) is 20.8 Å². The van der Waals surface area contributed by atoms with E-state index in [0.717, 1.165) is 17.0 Å². The summed E-state index contributed by atoms with van der Waals surface area (Å²) in [7, 11) is 0. The highest BCUT2D eigenvalue weighted by Crippen LogP contribution is 2.21. The van der Waals surface area contributed by atoms with E-state index in [2.05, 4.69) is 21.9 Å². The molecule has 1 aromatic heterocycles. The van der Waals surface area contributed by atoms with E-state index < -0.39 is 0 Å². The minimum Gasteiger partial charge on any atom is -0.352 e. The van der Waals surface area contributed by atoms with Crippen LogP contribution < -0.4 is 5.32 Å². The Morgan fingerprint density at radius 1 is 1.39 bits per heavy atom. The van der Waals surface area contributed by atoms with Crippen molar-refractivity contribution in [1.82, 2.24) is 15.3 Å².